The number of rotatable bonds is 2. The predicted octanol–water partition coefficient (Wildman–Crippen LogP) is 3.75. The molecule has 0 aliphatic carbocycles. The summed E-state index contributed by atoms with van der Waals surface area (Å²) in [6.45, 7) is 0.854. The Morgan fingerprint density at radius 3 is 3.00 bits per heavy atom. The van der Waals surface area contributed by atoms with Gasteiger partial charge in [-0.1, -0.05) is 18.2 Å². The quantitative estimate of drug-likeness (QED) is 0.650. The first kappa shape index (κ1) is 10.3. The summed E-state index contributed by atoms with van der Waals surface area (Å²) in [6.07, 6.45) is 3.95. The molecule has 0 fully saturated rings. The smallest absolute Gasteiger partial charge is 0.0673 e. The highest BCUT2D eigenvalue weighted by Gasteiger charge is 2.04. The summed E-state index contributed by atoms with van der Waals surface area (Å²) in [5.74, 6) is 0. The number of nitrogens with zero attached hydrogens (tertiary/aromatic N) is 2. The molecule has 0 saturated carbocycles. The normalized spacial score (nSPS) is 11.1. The number of benzene rings is 1. The van der Waals surface area contributed by atoms with Gasteiger partial charge in [0.05, 0.1) is 16.3 Å². The van der Waals surface area contributed by atoms with Crippen molar-refractivity contribution in [2.45, 2.75) is 6.54 Å². The second kappa shape index (κ2) is 4.18. The van der Waals surface area contributed by atoms with Crippen LogP contribution in [0.25, 0.3) is 10.1 Å². The zero-order chi connectivity index (χ0) is 11.0. The van der Waals surface area contributed by atoms with Crippen molar-refractivity contribution in [1.82, 2.24) is 9.78 Å². The van der Waals surface area contributed by atoms with E-state index in [1.54, 1.807) is 11.3 Å². The molecule has 0 saturated heterocycles. The van der Waals surface area contributed by atoms with Gasteiger partial charge in [0.15, 0.2) is 0 Å². The first-order chi connectivity index (χ1) is 7.83. The van der Waals surface area contributed by atoms with Gasteiger partial charge in [0.25, 0.3) is 0 Å². The van der Waals surface area contributed by atoms with Gasteiger partial charge in [-0.2, -0.15) is 5.10 Å². The minimum absolute atomic E-state index is 0.854. The third-order valence-corrected chi connectivity index (χ3v) is 4.06. The Balaban J connectivity index is 2.00. The molecular formula is C12H9IN2S. The minimum atomic E-state index is 0.854. The third-order valence-electron chi connectivity index (χ3n) is 2.50. The summed E-state index contributed by atoms with van der Waals surface area (Å²) in [5.41, 5.74) is 1.35. The summed E-state index contributed by atoms with van der Waals surface area (Å²) in [4.78, 5) is 0. The molecule has 2 nitrogen and oxygen atoms in total. The molecule has 0 unspecified atom stereocenters. The molecule has 0 radical (unpaired) electrons. The Kier molecular flexibility index (Phi) is 2.69. The first-order valence-corrected chi connectivity index (χ1v) is 6.92. The molecule has 0 atom stereocenters. The summed E-state index contributed by atoms with van der Waals surface area (Å²) in [5, 5.41) is 7.88. The van der Waals surface area contributed by atoms with Crippen LogP contribution in [0, 0.1) is 3.57 Å². The molecular weight excluding hydrogens is 331 g/mol. The van der Waals surface area contributed by atoms with Crippen LogP contribution in [0.3, 0.4) is 0 Å². The minimum Gasteiger partial charge on any atom is -0.267 e. The fourth-order valence-corrected chi connectivity index (χ4v) is 3.15. The van der Waals surface area contributed by atoms with Crippen molar-refractivity contribution < 1.29 is 0 Å². The molecule has 0 aliphatic heterocycles. The van der Waals surface area contributed by atoms with E-state index in [-0.39, 0.29) is 0 Å². The summed E-state index contributed by atoms with van der Waals surface area (Å²) in [7, 11) is 0. The molecule has 0 aliphatic rings. The van der Waals surface area contributed by atoms with E-state index >= 15 is 0 Å². The zero-order valence-electron chi connectivity index (χ0n) is 8.43. The van der Waals surface area contributed by atoms with E-state index in [0.717, 1.165) is 6.54 Å². The molecule has 4 heteroatoms. The number of fused-ring (bicyclic) bond motifs is 1. The van der Waals surface area contributed by atoms with Crippen LogP contribution in [0.2, 0.25) is 0 Å². The Morgan fingerprint density at radius 2 is 2.19 bits per heavy atom. The lowest BCUT2D eigenvalue weighted by Gasteiger charge is -1.99. The van der Waals surface area contributed by atoms with Crippen LogP contribution in [0.4, 0.5) is 0 Å². The molecule has 3 rings (SSSR count). The van der Waals surface area contributed by atoms with E-state index in [4.69, 9.17) is 0 Å². The maximum absolute atomic E-state index is 4.31. The Hall–Kier alpha value is -0.880. The van der Waals surface area contributed by atoms with Gasteiger partial charge in [-0.25, -0.2) is 0 Å². The van der Waals surface area contributed by atoms with Gasteiger partial charge in [0.2, 0.25) is 0 Å². The van der Waals surface area contributed by atoms with Gasteiger partial charge in [-0.05, 0) is 45.0 Å². The largest absolute Gasteiger partial charge is 0.267 e. The van der Waals surface area contributed by atoms with Gasteiger partial charge in [-0.3, -0.25) is 4.68 Å². The van der Waals surface area contributed by atoms with Crippen LogP contribution in [0.1, 0.15) is 5.56 Å². The number of hydrogen-bond acceptors (Lipinski definition) is 2. The predicted molar refractivity (Wildman–Crippen MR) is 75.9 cm³/mol. The van der Waals surface area contributed by atoms with Crippen LogP contribution in [0.5, 0.6) is 0 Å². The second-order valence-electron chi connectivity index (χ2n) is 3.61. The fourth-order valence-electron chi connectivity index (χ4n) is 1.75. The molecule has 2 aromatic heterocycles. The first-order valence-electron chi connectivity index (χ1n) is 4.96. The van der Waals surface area contributed by atoms with Crippen LogP contribution < -0.4 is 0 Å². The highest BCUT2D eigenvalue weighted by molar-refractivity contribution is 14.1. The second-order valence-corrected chi connectivity index (χ2v) is 5.77. The van der Waals surface area contributed by atoms with Gasteiger partial charge >= 0.3 is 0 Å². The zero-order valence-corrected chi connectivity index (χ0v) is 11.4. The lowest BCUT2D eigenvalue weighted by molar-refractivity contribution is 0.691. The summed E-state index contributed by atoms with van der Waals surface area (Å²) in [6, 6.07) is 8.51. The van der Waals surface area contributed by atoms with Gasteiger partial charge in [-0.15, -0.1) is 11.3 Å². The van der Waals surface area contributed by atoms with Gasteiger partial charge in [0.1, 0.15) is 0 Å². The molecule has 0 amide bonds. The summed E-state index contributed by atoms with van der Waals surface area (Å²) >= 11 is 4.08. The van der Waals surface area contributed by atoms with E-state index in [9.17, 15) is 0 Å². The van der Waals surface area contributed by atoms with Crippen LogP contribution >= 0.6 is 33.9 Å². The number of thiophene rings is 1. The number of hydrogen-bond donors (Lipinski definition) is 0. The van der Waals surface area contributed by atoms with Crippen molar-refractivity contribution in [3.8, 4) is 0 Å². The van der Waals surface area contributed by atoms with Crippen LogP contribution in [-0.4, -0.2) is 9.78 Å². The highest BCUT2D eigenvalue weighted by Crippen LogP contribution is 2.26. The Bertz CT molecular complexity index is 627. The van der Waals surface area contributed by atoms with Gasteiger partial charge in [0, 0.05) is 10.9 Å². The average Bonchev–Trinajstić information content (AvgIpc) is 2.87. The van der Waals surface area contributed by atoms with Crippen molar-refractivity contribution in [3.63, 3.8) is 0 Å². The lowest BCUT2D eigenvalue weighted by atomic mass is 10.2. The van der Waals surface area contributed by atoms with Crippen molar-refractivity contribution in [1.29, 1.82) is 0 Å². The molecule has 80 valence electrons. The highest BCUT2D eigenvalue weighted by atomic mass is 127. The molecule has 0 N–H and O–H groups in total. The van der Waals surface area contributed by atoms with Crippen molar-refractivity contribution in [2.75, 3.05) is 0 Å². The number of halogens is 1. The third kappa shape index (κ3) is 1.87. The van der Waals surface area contributed by atoms with E-state index in [1.807, 2.05) is 10.9 Å². The topological polar surface area (TPSA) is 17.8 Å². The summed E-state index contributed by atoms with van der Waals surface area (Å²) < 4.78 is 4.51. The monoisotopic (exact) mass is 340 g/mol. The van der Waals surface area contributed by atoms with Crippen molar-refractivity contribution >= 4 is 44.0 Å². The number of aromatic nitrogens is 2. The van der Waals surface area contributed by atoms with Crippen LogP contribution in [0.15, 0.2) is 42.0 Å². The maximum Gasteiger partial charge on any atom is 0.0673 e. The van der Waals surface area contributed by atoms with Crippen molar-refractivity contribution in [3.05, 3.63) is 51.2 Å². The SMILES string of the molecule is Ic1cnn(Cc2csc3ccccc23)c1. The van der Waals surface area contributed by atoms with E-state index < -0.39 is 0 Å². The van der Waals surface area contributed by atoms with E-state index in [2.05, 4.69) is 63.5 Å². The standard InChI is InChI=1S/C12H9IN2S/c13-10-5-14-15(7-10)6-9-8-16-12-4-2-1-3-11(9)12/h1-5,7-8H,6H2. The van der Waals surface area contributed by atoms with E-state index in [1.165, 1.54) is 19.2 Å². The van der Waals surface area contributed by atoms with Gasteiger partial charge < -0.3 is 0 Å². The van der Waals surface area contributed by atoms with E-state index in [0.29, 0.717) is 0 Å². The molecule has 16 heavy (non-hydrogen) atoms. The average molecular weight is 340 g/mol. The Labute approximate surface area is 111 Å². The fraction of sp³-hybridized carbons (Fsp3) is 0.0833. The molecule has 3 aromatic rings. The van der Waals surface area contributed by atoms with Crippen molar-refractivity contribution in [2.24, 2.45) is 0 Å². The molecule has 0 bridgehead atoms. The Morgan fingerprint density at radius 1 is 1.31 bits per heavy atom. The maximum atomic E-state index is 4.31. The molecule has 2 heterocycles. The van der Waals surface area contributed by atoms with Crippen LogP contribution in [-0.2, 0) is 6.54 Å². The molecule has 0 spiro atoms. The molecule has 1 aromatic carbocycles. The lowest BCUT2D eigenvalue weighted by Crippen LogP contribution is -1.98.